The van der Waals surface area contributed by atoms with E-state index in [4.69, 9.17) is 5.26 Å². The van der Waals surface area contributed by atoms with E-state index in [2.05, 4.69) is 35.9 Å². The molecule has 0 aliphatic rings. The molecule has 1 heterocycles. The monoisotopic (exact) mass is 217 g/mol. The van der Waals surface area contributed by atoms with Gasteiger partial charge in [-0.25, -0.2) is 4.98 Å². The van der Waals surface area contributed by atoms with Crippen LogP contribution in [0.15, 0.2) is 18.3 Å². The Balaban J connectivity index is 2.75. The molecule has 0 aromatic carbocycles. The maximum Gasteiger partial charge on any atom is 0.128 e. The summed E-state index contributed by atoms with van der Waals surface area (Å²) in [7, 11) is 0. The molecule has 3 nitrogen and oxygen atoms in total. The van der Waals surface area contributed by atoms with Crippen molar-refractivity contribution in [3.63, 3.8) is 0 Å². The number of hydrogen-bond donors (Lipinski definition) is 0. The van der Waals surface area contributed by atoms with Crippen molar-refractivity contribution in [2.24, 2.45) is 5.92 Å². The molecule has 0 saturated carbocycles. The summed E-state index contributed by atoms with van der Waals surface area (Å²) in [6.45, 7) is 8.07. The number of rotatable bonds is 5. The topological polar surface area (TPSA) is 39.9 Å². The zero-order chi connectivity index (χ0) is 12.0. The number of aryl methyl sites for hydroxylation is 1. The normalized spacial score (nSPS) is 10.2. The predicted molar refractivity (Wildman–Crippen MR) is 66.3 cm³/mol. The van der Waals surface area contributed by atoms with Gasteiger partial charge in [0.2, 0.25) is 0 Å². The summed E-state index contributed by atoms with van der Waals surface area (Å²) in [4.78, 5) is 6.58. The molecule has 0 aliphatic carbocycles. The second-order valence-electron chi connectivity index (χ2n) is 4.44. The van der Waals surface area contributed by atoms with E-state index in [9.17, 15) is 0 Å². The Bertz CT molecular complexity index is 348. The van der Waals surface area contributed by atoms with Gasteiger partial charge < -0.3 is 4.90 Å². The van der Waals surface area contributed by atoms with E-state index in [0.717, 1.165) is 24.5 Å². The minimum absolute atomic E-state index is 0.544. The van der Waals surface area contributed by atoms with Crippen LogP contribution in [0.1, 0.15) is 25.8 Å². The lowest BCUT2D eigenvalue weighted by molar-refractivity contribution is 0.608. The van der Waals surface area contributed by atoms with Crippen LogP contribution in [-0.2, 0) is 0 Å². The minimum Gasteiger partial charge on any atom is -0.355 e. The first-order valence-electron chi connectivity index (χ1n) is 5.68. The van der Waals surface area contributed by atoms with Crippen LogP contribution in [0, 0.1) is 24.2 Å². The van der Waals surface area contributed by atoms with E-state index in [-0.39, 0.29) is 0 Å². The van der Waals surface area contributed by atoms with Gasteiger partial charge in [-0.1, -0.05) is 19.9 Å². The fraction of sp³-hybridized carbons (Fsp3) is 0.538. The van der Waals surface area contributed by atoms with Gasteiger partial charge in [0.05, 0.1) is 12.5 Å². The molecule has 0 fully saturated rings. The van der Waals surface area contributed by atoms with Crippen molar-refractivity contribution < 1.29 is 0 Å². The van der Waals surface area contributed by atoms with E-state index in [1.165, 1.54) is 0 Å². The summed E-state index contributed by atoms with van der Waals surface area (Å²) in [6.07, 6.45) is 2.41. The third kappa shape index (κ3) is 3.90. The second-order valence-corrected chi connectivity index (χ2v) is 4.44. The quantitative estimate of drug-likeness (QED) is 0.761. The van der Waals surface area contributed by atoms with Crippen LogP contribution in [-0.4, -0.2) is 18.1 Å². The number of nitriles is 1. The van der Waals surface area contributed by atoms with E-state index in [1.807, 2.05) is 19.2 Å². The van der Waals surface area contributed by atoms with Crippen molar-refractivity contribution >= 4 is 5.82 Å². The molecule has 0 bridgehead atoms. The molecule has 1 aromatic rings. The zero-order valence-corrected chi connectivity index (χ0v) is 10.3. The van der Waals surface area contributed by atoms with Crippen molar-refractivity contribution in [1.29, 1.82) is 5.26 Å². The fourth-order valence-corrected chi connectivity index (χ4v) is 1.57. The Morgan fingerprint density at radius 3 is 2.69 bits per heavy atom. The van der Waals surface area contributed by atoms with Crippen LogP contribution in [0.2, 0.25) is 0 Å². The van der Waals surface area contributed by atoms with Gasteiger partial charge in [-0.3, -0.25) is 0 Å². The summed E-state index contributed by atoms with van der Waals surface area (Å²) in [5, 5.41) is 8.64. The van der Waals surface area contributed by atoms with Gasteiger partial charge in [-0.15, -0.1) is 0 Å². The molecule has 0 unspecified atom stereocenters. The van der Waals surface area contributed by atoms with Crippen molar-refractivity contribution in [2.45, 2.75) is 27.2 Å². The van der Waals surface area contributed by atoms with Gasteiger partial charge in [0, 0.05) is 19.3 Å². The lowest BCUT2D eigenvalue weighted by atomic mass is 10.2. The largest absolute Gasteiger partial charge is 0.355 e. The number of aromatic nitrogens is 1. The van der Waals surface area contributed by atoms with Crippen LogP contribution < -0.4 is 4.90 Å². The van der Waals surface area contributed by atoms with Crippen LogP contribution >= 0.6 is 0 Å². The maximum atomic E-state index is 8.64. The van der Waals surface area contributed by atoms with Gasteiger partial charge in [0.25, 0.3) is 0 Å². The Labute approximate surface area is 97.7 Å². The number of hydrogen-bond acceptors (Lipinski definition) is 3. The summed E-state index contributed by atoms with van der Waals surface area (Å²) in [5.74, 6) is 1.54. The molecule has 0 aliphatic heterocycles. The molecule has 1 rings (SSSR count). The van der Waals surface area contributed by atoms with E-state index in [0.29, 0.717) is 12.3 Å². The summed E-state index contributed by atoms with van der Waals surface area (Å²) >= 11 is 0. The Morgan fingerprint density at radius 1 is 1.44 bits per heavy atom. The molecule has 0 radical (unpaired) electrons. The highest BCUT2D eigenvalue weighted by atomic mass is 15.2. The summed E-state index contributed by atoms with van der Waals surface area (Å²) in [5.41, 5.74) is 1.16. The second kappa shape index (κ2) is 6.12. The molecule has 3 heteroatoms. The van der Waals surface area contributed by atoms with Crippen molar-refractivity contribution in [1.82, 2.24) is 4.98 Å². The molecule has 0 saturated heterocycles. The van der Waals surface area contributed by atoms with Gasteiger partial charge in [0.1, 0.15) is 5.82 Å². The lowest BCUT2D eigenvalue weighted by Gasteiger charge is -2.24. The van der Waals surface area contributed by atoms with Gasteiger partial charge in [0.15, 0.2) is 0 Å². The molecular formula is C13H19N3. The van der Waals surface area contributed by atoms with Crippen molar-refractivity contribution in [3.05, 3.63) is 23.9 Å². The molecule has 0 N–H and O–H groups in total. The smallest absolute Gasteiger partial charge is 0.128 e. The highest BCUT2D eigenvalue weighted by molar-refractivity contribution is 5.39. The Kier molecular flexibility index (Phi) is 4.78. The number of nitrogens with zero attached hydrogens (tertiary/aromatic N) is 3. The first kappa shape index (κ1) is 12.5. The van der Waals surface area contributed by atoms with Crippen molar-refractivity contribution in [3.8, 4) is 6.07 Å². The van der Waals surface area contributed by atoms with E-state index >= 15 is 0 Å². The molecule has 0 spiro atoms. The van der Waals surface area contributed by atoms with Crippen LogP contribution in [0.3, 0.4) is 0 Å². The Hall–Kier alpha value is -1.56. The van der Waals surface area contributed by atoms with Crippen LogP contribution in [0.25, 0.3) is 0 Å². The zero-order valence-electron chi connectivity index (χ0n) is 10.3. The number of pyridine rings is 1. The van der Waals surface area contributed by atoms with E-state index in [1.54, 1.807) is 0 Å². The average Bonchev–Trinajstić information content (AvgIpc) is 2.25. The summed E-state index contributed by atoms with van der Waals surface area (Å²) < 4.78 is 0. The summed E-state index contributed by atoms with van der Waals surface area (Å²) in [6, 6.07) is 6.26. The molecule has 0 atom stereocenters. The third-order valence-corrected chi connectivity index (χ3v) is 2.30. The van der Waals surface area contributed by atoms with E-state index < -0.39 is 0 Å². The highest BCUT2D eigenvalue weighted by Gasteiger charge is 2.08. The first-order valence-corrected chi connectivity index (χ1v) is 5.68. The molecule has 0 amide bonds. The van der Waals surface area contributed by atoms with Gasteiger partial charge in [-0.05, 0) is 24.5 Å². The molecule has 86 valence electrons. The SMILES string of the molecule is Cc1ccc(N(CCC#N)CC(C)C)nc1. The standard InChI is InChI=1S/C13H19N3/c1-11(2)10-16(8-4-7-14)13-6-5-12(3)9-15-13/h5-6,9,11H,4,8,10H2,1-3H3. The first-order chi connectivity index (χ1) is 7.63. The van der Waals surface area contributed by atoms with Gasteiger partial charge >= 0.3 is 0 Å². The molecule has 1 aromatic heterocycles. The lowest BCUT2D eigenvalue weighted by Crippen LogP contribution is -2.29. The predicted octanol–water partition coefficient (Wildman–Crippen LogP) is 2.77. The van der Waals surface area contributed by atoms with Crippen molar-refractivity contribution in [2.75, 3.05) is 18.0 Å². The van der Waals surface area contributed by atoms with Crippen LogP contribution in [0.5, 0.6) is 0 Å². The van der Waals surface area contributed by atoms with Crippen LogP contribution in [0.4, 0.5) is 5.82 Å². The molecule has 16 heavy (non-hydrogen) atoms. The van der Waals surface area contributed by atoms with Gasteiger partial charge in [-0.2, -0.15) is 5.26 Å². The number of anilines is 1. The Morgan fingerprint density at radius 2 is 2.19 bits per heavy atom. The average molecular weight is 217 g/mol. The minimum atomic E-state index is 0.544. The molecular weight excluding hydrogens is 198 g/mol. The maximum absolute atomic E-state index is 8.64. The fourth-order valence-electron chi connectivity index (χ4n) is 1.57. The third-order valence-electron chi connectivity index (χ3n) is 2.30. The highest BCUT2D eigenvalue weighted by Crippen LogP contribution is 2.13.